The SMILES string of the molecule is COc1cccc(CC(=O)NCC(C)(O)CC(=O)O)c1. The third-order valence-corrected chi connectivity index (χ3v) is 2.70. The Labute approximate surface area is 117 Å². The summed E-state index contributed by atoms with van der Waals surface area (Å²) in [5.41, 5.74) is -0.685. The predicted octanol–water partition coefficient (Wildman–Crippen LogP) is 0.580. The van der Waals surface area contributed by atoms with Gasteiger partial charge in [-0.15, -0.1) is 0 Å². The largest absolute Gasteiger partial charge is 0.497 e. The maximum atomic E-state index is 11.7. The number of carboxylic acid groups (broad SMARTS) is 1. The van der Waals surface area contributed by atoms with Gasteiger partial charge in [0.2, 0.25) is 5.91 Å². The van der Waals surface area contributed by atoms with Gasteiger partial charge in [-0.05, 0) is 24.6 Å². The quantitative estimate of drug-likeness (QED) is 0.679. The molecule has 0 spiro atoms. The van der Waals surface area contributed by atoms with E-state index in [1.807, 2.05) is 0 Å². The van der Waals surface area contributed by atoms with E-state index in [-0.39, 0.29) is 18.9 Å². The van der Waals surface area contributed by atoms with Crippen molar-refractivity contribution < 1.29 is 24.5 Å². The molecule has 6 heteroatoms. The lowest BCUT2D eigenvalue weighted by atomic mass is 10.0. The number of aliphatic carboxylic acids is 1. The number of amides is 1. The van der Waals surface area contributed by atoms with Crippen LogP contribution < -0.4 is 10.1 Å². The molecule has 0 aliphatic heterocycles. The second kappa shape index (κ2) is 6.91. The number of rotatable bonds is 7. The van der Waals surface area contributed by atoms with E-state index in [0.29, 0.717) is 5.75 Å². The standard InChI is InChI=1S/C14H19NO5/c1-14(19,8-13(17)18)9-15-12(16)7-10-4-3-5-11(6-10)20-2/h3-6,19H,7-9H2,1-2H3,(H,15,16)(H,17,18). The molecule has 1 rings (SSSR count). The van der Waals surface area contributed by atoms with Gasteiger partial charge >= 0.3 is 5.97 Å². The number of ether oxygens (including phenoxy) is 1. The fourth-order valence-electron chi connectivity index (χ4n) is 1.71. The molecule has 1 unspecified atom stereocenters. The molecule has 0 aliphatic carbocycles. The molecule has 0 saturated carbocycles. The molecular weight excluding hydrogens is 262 g/mol. The lowest BCUT2D eigenvalue weighted by Gasteiger charge is -2.21. The van der Waals surface area contributed by atoms with Gasteiger partial charge in [0.1, 0.15) is 5.75 Å². The first-order chi connectivity index (χ1) is 9.32. The Hall–Kier alpha value is -2.08. The van der Waals surface area contributed by atoms with Gasteiger partial charge in [-0.3, -0.25) is 9.59 Å². The van der Waals surface area contributed by atoms with Crippen molar-refractivity contribution in [3.63, 3.8) is 0 Å². The fraction of sp³-hybridized carbons (Fsp3) is 0.429. The lowest BCUT2D eigenvalue weighted by molar-refractivity contribution is -0.142. The molecule has 1 atom stereocenters. The number of hydrogen-bond donors (Lipinski definition) is 3. The minimum absolute atomic E-state index is 0.109. The molecule has 6 nitrogen and oxygen atoms in total. The summed E-state index contributed by atoms with van der Waals surface area (Å²) in [6.07, 6.45) is -0.285. The van der Waals surface area contributed by atoms with Gasteiger partial charge in [0.25, 0.3) is 0 Å². The normalized spacial score (nSPS) is 13.3. The molecule has 0 fully saturated rings. The zero-order valence-corrected chi connectivity index (χ0v) is 11.5. The number of benzene rings is 1. The van der Waals surface area contributed by atoms with Gasteiger partial charge in [0.05, 0.1) is 25.6 Å². The maximum Gasteiger partial charge on any atom is 0.306 e. The first kappa shape index (κ1) is 16.0. The number of carboxylic acids is 1. The lowest BCUT2D eigenvalue weighted by Crippen LogP contribution is -2.42. The van der Waals surface area contributed by atoms with Crippen molar-refractivity contribution in [3.05, 3.63) is 29.8 Å². The Morgan fingerprint density at radius 3 is 2.70 bits per heavy atom. The van der Waals surface area contributed by atoms with Crippen molar-refractivity contribution in [2.45, 2.75) is 25.4 Å². The van der Waals surface area contributed by atoms with Crippen LogP contribution in [0.5, 0.6) is 5.75 Å². The van der Waals surface area contributed by atoms with Gasteiger partial charge in [-0.25, -0.2) is 0 Å². The summed E-state index contributed by atoms with van der Waals surface area (Å²) >= 11 is 0. The number of aliphatic hydroxyl groups is 1. The molecule has 1 aromatic carbocycles. The van der Waals surface area contributed by atoms with Crippen LogP contribution in [0.3, 0.4) is 0 Å². The van der Waals surface area contributed by atoms with Gasteiger partial charge in [-0.1, -0.05) is 12.1 Å². The number of carbonyl (C=O) groups is 2. The third kappa shape index (κ3) is 5.71. The van der Waals surface area contributed by atoms with E-state index in [0.717, 1.165) is 5.56 Å². The summed E-state index contributed by atoms with van der Waals surface area (Å²) in [5.74, 6) is -0.742. The van der Waals surface area contributed by atoms with Crippen LogP contribution in [0, 0.1) is 0 Å². The highest BCUT2D eigenvalue weighted by atomic mass is 16.5. The van der Waals surface area contributed by atoms with E-state index in [9.17, 15) is 14.7 Å². The Morgan fingerprint density at radius 2 is 2.10 bits per heavy atom. The van der Waals surface area contributed by atoms with E-state index >= 15 is 0 Å². The molecule has 0 saturated heterocycles. The van der Waals surface area contributed by atoms with Crippen molar-refractivity contribution in [2.75, 3.05) is 13.7 Å². The smallest absolute Gasteiger partial charge is 0.306 e. The van der Waals surface area contributed by atoms with Gasteiger partial charge in [0.15, 0.2) is 0 Å². The average Bonchev–Trinajstić information content (AvgIpc) is 2.35. The minimum atomic E-state index is -1.46. The van der Waals surface area contributed by atoms with Crippen LogP contribution in [-0.4, -0.2) is 41.3 Å². The zero-order valence-electron chi connectivity index (χ0n) is 11.5. The molecule has 1 amide bonds. The summed E-state index contributed by atoms with van der Waals surface area (Å²) < 4.78 is 5.06. The Balaban J connectivity index is 2.49. The molecule has 0 bridgehead atoms. The summed E-state index contributed by atoms with van der Waals surface area (Å²) in [7, 11) is 1.54. The summed E-state index contributed by atoms with van der Waals surface area (Å²) in [6, 6.07) is 7.09. The van der Waals surface area contributed by atoms with Crippen molar-refractivity contribution >= 4 is 11.9 Å². The highest BCUT2D eigenvalue weighted by Gasteiger charge is 2.24. The molecule has 3 N–H and O–H groups in total. The summed E-state index contributed by atoms with van der Waals surface area (Å²) in [6.45, 7) is 1.26. The Bertz CT molecular complexity index is 484. The highest BCUT2D eigenvalue weighted by Crippen LogP contribution is 2.13. The number of nitrogens with one attached hydrogen (secondary N) is 1. The van der Waals surface area contributed by atoms with Gasteiger partial charge < -0.3 is 20.3 Å². The molecular formula is C14H19NO5. The van der Waals surface area contributed by atoms with E-state index in [1.165, 1.54) is 6.92 Å². The maximum absolute atomic E-state index is 11.7. The summed E-state index contributed by atoms with van der Waals surface area (Å²) in [5, 5.41) is 20.9. The topological polar surface area (TPSA) is 95.9 Å². The van der Waals surface area contributed by atoms with Gasteiger partial charge in [-0.2, -0.15) is 0 Å². The van der Waals surface area contributed by atoms with E-state index < -0.39 is 18.0 Å². The zero-order chi connectivity index (χ0) is 15.2. The number of hydrogen-bond acceptors (Lipinski definition) is 4. The Morgan fingerprint density at radius 1 is 1.40 bits per heavy atom. The second-order valence-electron chi connectivity index (χ2n) is 4.87. The van der Waals surface area contributed by atoms with Crippen LogP contribution in [0.2, 0.25) is 0 Å². The van der Waals surface area contributed by atoms with E-state index in [2.05, 4.69) is 5.32 Å². The molecule has 0 aliphatic rings. The summed E-state index contributed by atoms with van der Waals surface area (Å²) in [4.78, 5) is 22.3. The van der Waals surface area contributed by atoms with Gasteiger partial charge in [0, 0.05) is 6.54 Å². The molecule has 0 aromatic heterocycles. The van der Waals surface area contributed by atoms with Crippen LogP contribution in [0.15, 0.2) is 24.3 Å². The molecule has 20 heavy (non-hydrogen) atoms. The van der Waals surface area contributed by atoms with Crippen LogP contribution in [0.25, 0.3) is 0 Å². The predicted molar refractivity (Wildman–Crippen MR) is 72.6 cm³/mol. The number of carbonyl (C=O) groups excluding carboxylic acids is 1. The first-order valence-electron chi connectivity index (χ1n) is 6.16. The second-order valence-corrected chi connectivity index (χ2v) is 4.87. The first-order valence-corrected chi connectivity index (χ1v) is 6.16. The monoisotopic (exact) mass is 281 g/mol. The number of methoxy groups -OCH3 is 1. The third-order valence-electron chi connectivity index (χ3n) is 2.70. The minimum Gasteiger partial charge on any atom is -0.497 e. The van der Waals surface area contributed by atoms with Crippen LogP contribution in [0.4, 0.5) is 0 Å². The molecule has 0 radical (unpaired) electrons. The van der Waals surface area contributed by atoms with Crippen LogP contribution >= 0.6 is 0 Å². The van der Waals surface area contributed by atoms with E-state index in [1.54, 1.807) is 31.4 Å². The highest BCUT2D eigenvalue weighted by molar-refractivity contribution is 5.78. The molecule has 110 valence electrons. The van der Waals surface area contributed by atoms with Crippen molar-refractivity contribution in [2.24, 2.45) is 0 Å². The average molecular weight is 281 g/mol. The van der Waals surface area contributed by atoms with Crippen LogP contribution in [0.1, 0.15) is 18.9 Å². The Kier molecular flexibility index (Phi) is 5.52. The van der Waals surface area contributed by atoms with E-state index in [4.69, 9.17) is 9.84 Å². The van der Waals surface area contributed by atoms with Crippen LogP contribution in [-0.2, 0) is 16.0 Å². The van der Waals surface area contributed by atoms with Crippen molar-refractivity contribution in [1.29, 1.82) is 0 Å². The molecule has 0 heterocycles. The van der Waals surface area contributed by atoms with Crippen molar-refractivity contribution in [3.8, 4) is 5.75 Å². The molecule has 1 aromatic rings. The van der Waals surface area contributed by atoms with Crippen molar-refractivity contribution in [1.82, 2.24) is 5.32 Å². The fourth-order valence-corrected chi connectivity index (χ4v) is 1.71.